The Bertz CT molecular complexity index is 227. The fourth-order valence-corrected chi connectivity index (χ4v) is 1.99. The van der Waals surface area contributed by atoms with Crippen LogP contribution in [0.3, 0.4) is 0 Å². The smallest absolute Gasteiger partial charge is 0.234 e. The molecule has 1 saturated heterocycles. The molecule has 0 aromatic heterocycles. The van der Waals surface area contributed by atoms with Crippen LogP contribution in [0.2, 0.25) is 0 Å². The summed E-state index contributed by atoms with van der Waals surface area (Å²) in [6.07, 6.45) is 1.79. The zero-order valence-corrected chi connectivity index (χ0v) is 9.01. The standard InChI is InChI=1S/C8H16N2O3S/c1-9-7-2-4-10(5-3-7)8(11)6-14(12)13/h7,9H,2-6H2,1H3,(H,12,13)/p-1. The number of likely N-dealkylation sites (tertiary alicyclic amines) is 1. The predicted octanol–water partition coefficient (Wildman–Crippen LogP) is -0.924. The molecule has 1 unspecified atom stereocenters. The molecular weight excluding hydrogens is 204 g/mol. The molecule has 0 spiro atoms. The number of nitrogens with one attached hydrogen (secondary N) is 1. The Balaban J connectivity index is 2.34. The lowest BCUT2D eigenvalue weighted by Crippen LogP contribution is -2.45. The summed E-state index contributed by atoms with van der Waals surface area (Å²) < 4.78 is 20.6. The van der Waals surface area contributed by atoms with Crippen molar-refractivity contribution in [3.8, 4) is 0 Å². The van der Waals surface area contributed by atoms with Gasteiger partial charge < -0.3 is 14.8 Å². The van der Waals surface area contributed by atoms with Crippen molar-refractivity contribution in [3.63, 3.8) is 0 Å². The highest BCUT2D eigenvalue weighted by Gasteiger charge is 2.21. The van der Waals surface area contributed by atoms with Gasteiger partial charge in [0.1, 0.15) is 0 Å². The number of amides is 1. The third kappa shape index (κ3) is 3.36. The molecule has 1 aliphatic heterocycles. The van der Waals surface area contributed by atoms with E-state index in [0.717, 1.165) is 12.8 Å². The molecule has 1 fully saturated rings. The second-order valence-electron chi connectivity index (χ2n) is 3.39. The molecule has 1 N–H and O–H groups in total. The second kappa shape index (κ2) is 5.43. The average Bonchev–Trinajstić information content (AvgIpc) is 2.17. The Morgan fingerprint density at radius 3 is 2.57 bits per heavy atom. The first-order chi connectivity index (χ1) is 6.63. The number of carbonyl (C=O) groups is 1. The molecular formula is C8H15N2O3S-. The minimum atomic E-state index is -2.26. The first-order valence-electron chi connectivity index (χ1n) is 4.64. The molecule has 82 valence electrons. The SMILES string of the molecule is CNC1CCN(C(=O)CS(=O)[O-])CC1. The highest BCUT2D eigenvalue weighted by atomic mass is 32.2. The van der Waals surface area contributed by atoms with Crippen molar-refractivity contribution in [2.45, 2.75) is 18.9 Å². The van der Waals surface area contributed by atoms with Crippen LogP contribution in [0.15, 0.2) is 0 Å². The van der Waals surface area contributed by atoms with E-state index in [-0.39, 0.29) is 11.7 Å². The van der Waals surface area contributed by atoms with Crippen LogP contribution >= 0.6 is 0 Å². The van der Waals surface area contributed by atoms with Crippen molar-refractivity contribution in [2.75, 3.05) is 25.9 Å². The number of hydrogen-bond donors (Lipinski definition) is 1. The Morgan fingerprint density at radius 1 is 1.57 bits per heavy atom. The van der Waals surface area contributed by atoms with E-state index in [1.807, 2.05) is 7.05 Å². The maximum atomic E-state index is 11.3. The molecule has 14 heavy (non-hydrogen) atoms. The Kier molecular flexibility index (Phi) is 4.50. The van der Waals surface area contributed by atoms with Gasteiger partial charge in [0, 0.05) is 19.1 Å². The maximum Gasteiger partial charge on any atom is 0.234 e. The van der Waals surface area contributed by atoms with Gasteiger partial charge in [0.15, 0.2) is 0 Å². The molecule has 1 aliphatic rings. The minimum Gasteiger partial charge on any atom is -0.772 e. The van der Waals surface area contributed by atoms with E-state index in [9.17, 15) is 13.6 Å². The van der Waals surface area contributed by atoms with E-state index in [1.54, 1.807) is 4.90 Å². The number of carbonyl (C=O) groups excluding carboxylic acids is 1. The predicted molar refractivity (Wildman–Crippen MR) is 52.4 cm³/mol. The van der Waals surface area contributed by atoms with Gasteiger partial charge >= 0.3 is 0 Å². The molecule has 6 heteroatoms. The maximum absolute atomic E-state index is 11.3. The number of hydrogen-bond acceptors (Lipinski definition) is 4. The quantitative estimate of drug-likeness (QED) is 0.623. The van der Waals surface area contributed by atoms with Gasteiger partial charge in [-0.2, -0.15) is 0 Å². The van der Waals surface area contributed by atoms with E-state index in [0.29, 0.717) is 19.1 Å². The monoisotopic (exact) mass is 219 g/mol. The summed E-state index contributed by atoms with van der Waals surface area (Å²) >= 11 is -2.26. The first kappa shape index (κ1) is 11.6. The van der Waals surface area contributed by atoms with E-state index in [2.05, 4.69) is 5.32 Å². The molecule has 1 amide bonds. The van der Waals surface area contributed by atoms with Gasteiger partial charge in [-0.3, -0.25) is 9.00 Å². The number of rotatable bonds is 3. The van der Waals surface area contributed by atoms with Gasteiger partial charge in [-0.05, 0) is 31.0 Å². The lowest BCUT2D eigenvalue weighted by Gasteiger charge is -2.32. The lowest BCUT2D eigenvalue weighted by molar-refractivity contribution is -0.129. The van der Waals surface area contributed by atoms with Crippen LogP contribution in [0.4, 0.5) is 0 Å². The summed E-state index contributed by atoms with van der Waals surface area (Å²) in [5.74, 6) is -0.669. The van der Waals surface area contributed by atoms with E-state index in [4.69, 9.17) is 0 Å². The highest BCUT2D eigenvalue weighted by Crippen LogP contribution is 2.09. The third-order valence-electron chi connectivity index (χ3n) is 2.50. The fraction of sp³-hybridized carbons (Fsp3) is 0.875. The van der Waals surface area contributed by atoms with Gasteiger partial charge in [0.25, 0.3) is 0 Å². The van der Waals surface area contributed by atoms with Crippen LogP contribution in [0, 0.1) is 0 Å². The molecule has 0 bridgehead atoms. The summed E-state index contributed by atoms with van der Waals surface area (Å²) in [5, 5.41) is 3.14. The van der Waals surface area contributed by atoms with E-state index < -0.39 is 11.1 Å². The Hall–Kier alpha value is -0.460. The molecule has 0 aromatic rings. The third-order valence-corrected chi connectivity index (χ3v) is 2.98. The summed E-state index contributed by atoms with van der Waals surface area (Å²) in [6, 6.07) is 0.455. The first-order valence-corrected chi connectivity index (χ1v) is 5.88. The summed E-state index contributed by atoms with van der Waals surface area (Å²) in [5.41, 5.74) is 0. The molecule has 1 atom stereocenters. The van der Waals surface area contributed by atoms with Crippen molar-refractivity contribution in [1.82, 2.24) is 10.2 Å². The van der Waals surface area contributed by atoms with Crippen LogP contribution in [0.1, 0.15) is 12.8 Å². The van der Waals surface area contributed by atoms with Gasteiger partial charge in [-0.25, -0.2) is 0 Å². The molecule has 0 aliphatic carbocycles. The largest absolute Gasteiger partial charge is 0.772 e. The zero-order valence-electron chi connectivity index (χ0n) is 8.19. The topological polar surface area (TPSA) is 72.5 Å². The van der Waals surface area contributed by atoms with E-state index in [1.165, 1.54) is 0 Å². The van der Waals surface area contributed by atoms with Crippen molar-refractivity contribution in [1.29, 1.82) is 0 Å². The van der Waals surface area contributed by atoms with Crippen molar-refractivity contribution < 1.29 is 13.6 Å². The van der Waals surface area contributed by atoms with Crippen LogP contribution in [-0.4, -0.2) is 51.5 Å². The van der Waals surface area contributed by atoms with Crippen molar-refractivity contribution in [3.05, 3.63) is 0 Å². The Labute approximate surface area is 86.1 Å². The molecule has 0 saturated carbocycles. The second-order valence-corrected chi connectivity index (χ2v) is 4.29. The number of piperidine rings is 1. The summed E-state index contributed by atoms with van der Waals surface area (Å²) in [7, 11) is 1.90. The van der Waals surface area contributed by atoms with E-state index >= 15 is 0 Å². The molecule has 0 aromatic carbocycles. The van der Waals surface area contributed by atoms with Gasteiger partial charge in [-0.1, -0.05) is 0 Å². The Morgan fingerprint density at radius 2 is 2.14 bits per heavy atom. The number of nitrogens with zero attached hydrogens (tertiary/aromatic N) is 1. The van der Waals surface area contributed by atoms with Crippen molar-refractivity contribution in [2.24, 2.45) is 0 Å². The molecule has 0 radical (unpaired) electrons. The van der Waals surface area contributed by atoms with Gasteiger partial charge in [0.05, 0.1) is 5.75 Å². The minimum absolute atomic E-state index is 0.284. The van der Waals surface area contributed by atoms with Crippen LogP contribution in [-0.2, 0) is 15.9 Å². The summed E-state index contributed by atoms with van der Waals surface area (Å²) in [4.78, 5) is 12.9. The zero-order chi connectivity index (χ0) is 10.6. The fourth-order valence-electron chi connectivity index (χ4n) is 1.61. The van der Waals surface area contributed by atoms with Crippen molar-refractivity contribution >= 4 is 17.0 Å². The summed E-state index contributed by atoms with van der Waals surface area (Å²) in [6.45, 7) is 1.31. The van der Waals surface area contributed by atoms with Crippen LogP contribution in [0.5, 0.6) is 0 Å². The van der Waals surface area contributed by atoms with Gasteiger partial charge in [-0.15, -0.1) is 0 Å². The molecule has 1 rings (SSSR count). The van der Waals surface area contributed by atoms with Crippen LogP contribution < -0.4 is 5.32 Å². The highest BCUT2D eigenvalue weighted by molar-refractivity contribution is 7.79. The lowest BCUT2D eigenvalue weighted by atomic mass is 10.1. The average molecular weight is 219 g/mol. The molecule has 5 nitrogen and oxygen atoms in total. The normalized spacial score (nSPS) is 20.9. The molecule has 1 heterocycles. The van der Waals surface area contributed by atoms with Gasteiger partial charge in [0.2, 0.25) is 5.91 Å². The van der Waals surface area contributed by atoms with Crippen LogP contribution in [0.25, 0.3) is 0 Å².